The van der Waals surface area contributed by atoms with Crippen LogP contribution in [-0.4, -0.2) is 37.0 Å². The first-order valence-corrected chi connectivity index (χ1v) is 6.36. The van der Waals surface area contributed by atoms with Gasteiger partial charge in [0.25, 0.3) is 0 Å². The third-order valence-corrected chi connectivity index (χ3v) is 3.30. The summed E-state index contributed by atoms with van der Waals surface area (Å²) in [7, 11) is 2.05. The highest BCUT2D eigenvalue weighted by atomic mass is 19.1. The predicted molar refractivity (Wildman–Crippen MR) is 68.8 cm³/mol. The molecule has 0 radical (unpaired) electrons. The molecule has 0 aliphatic carbocycles. The van der Waals surface area contributed by atoms with E-state index in [9.17, 15) is 9.18 Å². The molecule has 1 N–H and O–H groups in total. The van der Waals surface area contributed by atoms with Crippen LogP contribution in [0.1, 0.15) is 18.4 Å². The Kier molecular flexibility index (Phi) is 4.31. The van der Waals surface area contributed by atoms with Crippen molar-refractivity contribution in [2.24, 2.45) is 0 Å². The Morgan fingerprint density at radius 3 is 3.00 bits per heavy atom. The molecule has 1 unspecified atom stereocenters. The summed E-state index contributed by atoms with van der Waals surface area (Å²) >= 11 is 0. The predicted octanol–water partition coefficient (Wildman–Crippen LogP) is 1.58. The van der Waals surface area contributed by atoms with Crippen LogP contribution in [0.3, 0.4) is 0 Å². The van der Waals surface area contributed by atoms with Gasteiger partial charge in [0.15, 0.2) is 0 Å². The number of rotatable bonds is 3. The Morgan fingerprint density at radius 1 is 1.50 bits per heavy atom. The molecule has 0 spiro atoms. The van der Waals surface area contributed by atoms with Gasteiger partial charge in [-0.25, -0.2) is 4.39 Å². The quantitative estimate of drug-likeness (QED) is 0.883. The van der Waals surface area contributed by atoms with Crippen LogP contribution in [0.5, 0.6) is 0 Å². The number of nitrogens with one attached hydrogen (secondary N) is 1. The van der Waals surface area contributed by atoms with Gasteiger partial charge in [-0.1, -0.05) is 18.2 Å². The summed E-state index contributed by atoms with van der Waals surface area (Å²) in [6.45, 7) is 1.96. The summed E-state index contributed by atoms with van der Waals surface area (Å²) in [4.78, 5) is 14.0. The van der Waals surface area contributed by atoms with E-state index in [0.717, 1.165) is 25.9 Å². The topological polar surface area (TPSA) is 32.3 Å². The molecule has 0 bridgehead atoms. The number of nitrogens with zero attached hydrogens (tertiary/aromatic N) is 1. The van der Waals surface area contributed by atoms with Crippen LogP contribution in [0.15, 0.2) is 24.3 Å². The standard InChI is InChI=1S/C14H19FN2O/c1-17-8-4-6-12(10-17)16-14(18)9-11-5-2-3-7-13(11)15/h2-3,5,7,12H,4,6,8-10H2,1H3,(H,16,18). The molecule has 1 aliphatic rings. The lowest BCUT2D eigenvalue weighted by Crippen LogP contribution is -2.46. The second-order valence-electron chi connectivity index (χ2n) is 4.94. The minimum absolute atomic E-state index is 0.0969. The molecule has 2 rings (SSSR count). The lowest BCUT2D eigenvalue weighted by atomic mass is 10.1. The van der Waals surface area contributed by atoms with Crippen LogP contribution in [0.2, 0.25) is 0 Å². The first-order chi connectivity index (χ1) is 8.65. The maximum atomic E-state index is 13.4. The first-order valence-electron chi connectivity index (χ1n) is 6.36. The van der Waals surface area contributed by atoms with E-state index in [0.29, 0.717) is 5.56 Å². The highest BCUT2D eigenvalue weighted by Crippen LogP contribution is 2.10. The molecular formula is C14H19FN2O. The largest absolute Gasteiger partial charge is 0.352 e. The second kappa shape index (κ2) is 5.96. The number of hydrogen-bond donors (Lipinski definition) is 1. The maximum absolute atomic E-state index is 13.4. The number of carbonyl (C=O) groups is 1. The van der Waals surface area contributed by atoms with E-state index in [1.165, 1.54) is 6.07 Å². The summed E-state index contributed by atoms with van der Waals surface area (Å²) in [6, 6.07) is 6.62. The maximum Gasteiger partial charge on any atom is 0.224 e. The number of benzene rings is 1. The van der Waals surface area contributed by atoms with Gasteiger partial charge in [0, 0.05) is 12.6 Å². The number of likely N-dealkylation sites (tertiary alicyclic amines) is 1. The van der Waals surface area contributed by atoms with Crippen LogP contribution in [0, 0.1) is 5.82 Å². The average Bonchev–Trinajstić information content (AvgIpc) is 2.32. The highest BCUT2D eigenvalue weighted by molar-refractivity contribution is 5.78. The molecule has 1 heterocycles. The lowest BCUT2D eigenvalue weighted by molar-refractivity contribution is -0.121. The molecule has 4 heteroatoms. The zero-order valence-electron chi connectivity index (χ0n) is 10.7. The molecule has 0 saturated carbocycles. The van der Waals surface area contributed by atoms with Gasteiger partial charge in [-0.15, -0.1) is 0 Å². The van der Waals surface area contributed by atoms with Gasteiger partial charge < -0.3 is 10.2 Å². The van der Waals surface area contributed by atoms with Crippen molar-refractivity contribution in [1.29, 1.82) is 0 Å². The van der Waals surface area contributed by atoms with Crippen LogP contribution in [-0.2, 0) is 11.2 Å². The van der Waals surface area contributed by atoms with Crippen LogP contribution in [0.25, 0.3) is 0 Å². The van der Waals surface area contributed by atoms with Gasteiger partial charge in [-0.05, 0) is 38.1 Å². The van der Waals surface area contributed by atoms with Crippen molar-refractivity contribution in [3.05, 3.63) is 35.6 Å². The monoisotopic (exact) mass is 250 g/mol. The normalized spacial score (nSPS) is 20.7. The summed E-state index contributed by atoms with van der Waals surface area (Å²) in [5, 5.41) is 2.98. The van der Waals surface area contributed by atoms with Crippen molar-refractivity contribution in [2.45, 2.75) is 25.3 Å². The SMILES string of the molecule is CN1CCCC(NC(=O)Cc2ccccc2F)C1. The van der Waals surface area contributed by atoms with Crippen molar-refractivity contribution in [3.8, 4) is 0 Å². The average molecular weight is 250 g/mol. The van der Waals surface area contributed by atoms with Gasteiger partial charge in [-0.2, -0.15) is 0 Å². The summed E-state index contributed by atoms with van der Waals surface area (Å²) in [6.07, 6.45) is 2.22. The Hall–Kier alpha value is -1.42. The molecule has 3 nitrogen and oxygen atoms in total. The number of halogens is 1. The third-order valence-electron chi connectivity index (χ3n) is 3.30. The fourth-order valence-electron chi connectivity index (χ4n) is 2.38. The van der Waals surface area contributed by atoms with E-state index in [4.69, 9.17) is 0 Å². The van der Waals surface area contributed by atoms with E-state index < -0.39 is 0 Å². The number of likely N-dealkylation sites (N-methyl/N-ethyl adjacent to an activating group) is 1. The van der Waals surface area contributed by atoms with Crippen molar-refractivity contribution < 1.29 is 9.18 Å². The fourth-order valence-corrected chi connectivity index (χ4v) is 2.38. The minimum atomic E-state index is -0.312. The summed E-state index contributed by atoms with van der Waals surface area (Å²) in [5.74, 6) is -0.409. The van der Waals surface area contributed by atoms with E-state index in [1.807, 2.05) is 0 Å². The zero-order valence-corrected chi connectivity index (χ0v) is 10.7. The number of carbonyl (C=O) groups excluding carboxylic acids is 1. The van der Waals surface area contributed by atoms with Crippen molar-refractivity contribution in [1.82, 2.24) is 10.2 Å². The molecule has 98 valence electrons. The number of piperidine rings is 1. The highest BCUT2D eigenvalue weighted by Gasteiger charge is 2.19. The van der Waals surface area contributed by atoms with Gasteiger partial charge >= 0.3 is 0 Å². The summed E-state index contributed by atoms with van der Waals surface area (Å²) < 4.78 is 13.4. The molecule has 1 aliphatic heterocycles. The molecule has 18 heavy (non-hydrogen) atoms. The Bertz CT molecular complexity index is 422. The Morgan fingerprint density at radius 2 is 2.28 bits per heavy atom. The molecular weight excluding hydrogens is 231 g/mol. The Balaban J connectivity index is 1.87. The lowest BCUT2D eigenvalue weighted by Gasteiger charge is -2.30. The molecule has 1 saturated heterocycles. The minimum Gasteiger partial charge on any atom is -0.352 e. The van der Waals surface area contributed by atoms with Gasteiger partial charge in [0.05, 0.1) is 6.42 Å². The molecule has 0 aromatic heterocycles. The van der Waals surface area contributed by atoms with Crippen LogP contribution in [0.4, 0.5) is 4.39 Å². The molecule has 1 aromatic carbocycles. The zero-order chi connectivity index (χ0) is 13.0. The number of amides is 1. The fraction of sp³-hybridized carbons (Fsp3) is 0.500. The van der Waals surface area contributed by atoms with E-state index in [1.54, 1.807) is 18.2 Å². The smallest absolute Gasteiger partial charge is 0.224 e. The van der Waals surface area contributed by atoms with Crippen molar-refractivity contribution in [2.75, 3.05) is 20.1 Å². The number of hydrogen-bond acceptors (Lipinski definition) is 2. The van der Waals surface area contributed by atoms with Gasteiger partial charge in [0.1, 0.15) is 5.82 Å². The van der Waals surface area contributed by atoms with Crippen LogP contribution < -0.4 is 5.32 Å². The Labute approximate surface area is 107 Å². The van der Waals surface area contributed by atoms with E-state index in [2.05, 4.69) is 17.3 Å². The van der Waals surface area contributed by atoms with E-state index in [-0.39, 0.29) is 24.2 Å². The molecule has 1 amide bonds. The summed E-state index contributed by atoms with van der Waals surface area (Å²) in [5.41, 5.74) is 0.458. The molecule has 1 atom stereocenters. The van der Waals surface area contributed by atoms with Crippen molar-refractivity contribution >= 4 is 5.91 Å². The second-order valence-corrected chi connectivity index (χ2v) is 4.94. The molecule has 1 fully saturated rings. The van der Waals surface area contributed by atoms with Gasteiger partial charge in [0.2, 0.25) is 5.91 Å². The van der Waals surface area contributed by atoms with Gasteiger partial charge in [-0.3, -0.25) is 4.79 Å². The van der Waals surface area contributed by atoms with Crippen LogP contribution >= 0.6 is 0 Å². The van der Waals surface area contributed by atoms with Crippen molar-refractivity contribution in [3.63, 3.8) is 0 Å². The molecule has 1 aromatic rings. The third kappa shape index (κ3) is 3.53. The first kappa shape index (κ1) is 13.0. The van der Waals surface area contributed by atoms with E-state index >= 15 is 0 Å².